The van der Waals surface area contributed by atoms with Crippen LogP contribution >= 0.6 is 11.8 Å². The minimum absolute atomic E-state index is 0.343. The zero-order valence-electron chi connectivity index (χ0n) is 19.8. The van der Waals surface area contributed by atoms with E-state index in [1.807, 2.05) is 63.8 Å². The SMILES string of the molecule is CC.CC.CCN(CCOc1ccc(/C=C2/SC(=O)NC2=O)cc1)c1ncccn1.CN. The van der Waals surface area contributed by atoms with Gasteiger partial charge in [0.25, 0.3) is 11.1 Å². The van der Waals surface area contributed by atoms with Crippen molar-refractivity contribution in [3.63, 3.8) is 0 Å². The Morgan fingerprint density at radius 2 is 1.66 bits per heavy atom. The highest BCUT2D eigenvalue weighted by Crippen LogP contribution is 2.26. The lowest BCUT2D eigenvalue weighted by Crippen LogP contribution is -2.29. The van der Waals surface area contributed by atoms with Gasteiger partial charge >= 0.3 is 0 Å². The second-order valence-corrected chi connectivity index (χ2v) is 6.41. The molecule has 2 heterocycles. The Hall–Kier alpha value is -2.91. The van der Waals surface area contributed by atoms with Gasteiger partial charge in [0, 0.05) is 18.9 Å². The maximum Gasteiger partial charge on any atom is 0.290 e. The Balaban J connectivity index is 0.00000148. The quantitative estimate of drug-likeness (QED) is 0.586. The van der Waals surface area contributed by atoms with Gasteiger partial charge in [0.2, 0.25) is 5.95 Å². The van der Waals surface area contributed by atoms with Crippen LogP contribution in [0.1, 0.15) is 40.2 Å². The van der Waals surface area contributed by atoms with E-state index in [4.69, 9.17) is 4.74 Å². The van der Waals surface area contributed by atoms with E-state index >= 15 is 0 Å². The molecule has 1 aliphatic heterocycles. The summed E-state index contributed by atoms with van der Waals surface area (Å²) in [5.41, 5.74) is 5.33. The molecule has 0 radical (unpaired) electrons. The van der Waals surface area contributed by atoms with Gasteiger partial charge in [0.15, 0.2) is 0 Å². The van der Waals surface area contributed by atoms with E-state index in [0.29, 0.717) is 24.0 Å². The molecule has 0 saturated carbocycles. The third-order valence-electron chi connectivity index (χ3n) is 3.67. The second kappa shape index (κ2) is 17.7. The molecule has 1 aliphatic rings. The zero-order valence-corrected chi connectivity index (χ0v) is 20.6. The van der Waals surface area contributed by atoms with E-state index < -0.39 is 0 Å². The van der Waals surface area contributed by atoms with E-state index in [2.05, 4.69) is 21.0 Å². The molecule has 1 aromatic carbocycles. The first-order chi connectivity index (χ1) is 15.7. The Bertz CT molecular complexity index is 814. The number of ether oxygens (including phenoxy) is 1. The van der Waals surface area contributed by atoms with E-state index in [0.717, 1.165) is 29.6 Å². The number of nitrogens with two attached hydrogens (primary N) is 1. The molecule has 0 atom stereocenters. The summed E-state index contributed by atoms with van der Waals surface area (Å²) in [7, 11) is 1.50. The van der Waals surface area contributed by atoms with Crippen molar-refractivity contribution in [1.82, 2.24) is 15.3 Å². The van der Waals surface area contributed by atoms with Crippen LogP contribution in [0.4, 0.5) is 10.7 Å². The van der Waals surface area contributed by atoms with Crippen molar-refractivity contribution in [2.45, 2.75) is 34.6 Å². The highest BCUT2D eigenvalue weighted by atomic mass is 32.2. The average Bonchev–Trinajstić information content (AvgIpc) is 3.18. The Morgan fingerprint density at radius 3 is 2.16 bits per heavy atom. The molecule has 9 heteroatoms. The minimum atomic E-state index is -0.358. The van der Waals surface area contributed by atoms with Gasteiger partial charge in [0.1, 0.15) is 12.4 Å². The fourth-order valence-corrected chi connectivity index (χ4v) is 3.04. The topological polar surface area (TPSA) is 110 Å². The van der Waals surface area contributed by atoms with Crippen molar-refractivity contribution in [1.29, 1.82) is 0 Å². The number of nitrogens with zero attached hydrogens (tertiary/aromatic N) is 3. The molecule has 176 valence electrons. The first kappa shape index (κ1) is 29.1. The lowest BCUT2D eigenvalue weighted by molar-refractivity contribution is -0.115. The molecule has 3 rings (SSSR count). The van der Waals surface area contributed by atoms with E-state index in [1.54, 1.807) is 24.5 Å². The Morgan fingerprint density at radius 1 is 1.06 bits per heavy atom. The zero-order chi connectivity index (χ0) is 24.4. The maximum absolute atomic E-state index is 11.5. The fourth-order valence-electron chi connectivity index (χ4n) is 2.36. The molecule has 0 unspecified atom stereocenters. The maximum atomic E-state index is 11.5. The van der Waals surface area contributed by atoms with Crippen LogP contribution in [-0.2, 0) is 4.79 Å². The van der Waals surface area contributed by atoms with Crippen molar-refractivity contribution < 1.29 is 14.3 Å². The first-order valence-corrected chi connectivity index (χ1v) is 11.5. The highest BCUT2D eigenvalue weighted by molar-refractivity contribution is 8.18. The summed E-state index contributed by atoms with van der Waals surface area (Å²) < 4.78 is 5.77. The van der Waals surface area contributed by atoms with Crippen LogP contribution in [0.25, 0.3) is 6.08 Å². The molecular weight excluding hydrogens is 426 g/mol. The number of hydrogen-bond acceptors (Lipinski definition) is 8. The van der Waals surface area contributed by atoms with Gasteiger partial charge < -0.3 is 15.4 Å². The average molecular weight is 462 g/mol. The van der Waals surface area contributed by atoms with Crippen LogP contribution in [0.3, 0.4) is 0 Å². The number of benzene rings is 1. The molecule has 1 fully saturated rings. The predicted octanol–water partition coefficient (Wildman–Crippen LogP) is 4.33. The molecule has 1 saturated heterocycles. The summed E-state index contributed by atoms with van der Waals surface area (Å²) in [4.78, 5) is 33.6. The molecule has 1 aromatic heterocycles. The van der Waals surface area contributed by atoms with Gasteiger partial charge in [-0.15, -0.1) is 0 Å². The second-order valence-electron chi connectivity index (χ2n) is 5.40. The van der Waals surface area contributed by atoms with Crippen LogP contribution in [0.2, 0.25) is 0 Å². The first-order valence-electron chi connectivity index (χ1n) is 10.7. The summed E-state index contributed by atoms with van der Waals surface area (Å²) in [6, 6.07) is 9.14. The fraction of sp³-hybridized carbons (Fsp3) is 0.391. The van der Waals surface area contributed by atoms with Crippen LogP contribution in [0.5, 0.6) is 5.75 Å². The van der Waals surface area contributed by atoms with Gasteiger partial charge in [-0.1, -0.05) is 39.8 Å². The normalized spacial score (nSPS) is 12.9. The number of carbonyl (C=O) groups excluding carboxylic acids is 2. The van der Waals surface area contributed by atoms with E-state index in [-0.39, 0.29) is 11.1 Å². The number of hydrogen-bond donors (Lipinski definition) is 2. The number of aromatic nitrogens is 2. The molecule has 3 N–H and O–H groups in total. The number of amides is 2. The lowest BCUT2D eigenvalue weighted by atomic mass is 10.2. The molecule has 8 nitrogen and oxygen atoms in total. The third-order valence-corrected chi connectivity index (χ3v) is 4.48. The summed E-state index contributed by atoms with van der Waals surface area (Å²) >= 11 is 0.903. The number of likely N-dealkylation sites (N-methyl/N-ethyl adjacent to an activating group) is 1. The predicted molar refractivity (Wildman–Crippen MR) is 134 cm³/mol. The highest BCUT2D eigenvalue weighted by Gasteiger charge is 2.24. The van der Waals surface area contributed by atoms with Crippen molar-refractivity contribution in [2.24, 2.45) is 5.73 Å². The number of rotatable bonds is 7. The number of nitrogens with one attached hydrogen (secondary N) is 1. The van der Waals surface area contributed by atoms with E-state index in [1.165, 1.54) is 7.05 Å². The van der Waals surface area contributed by atoms with Crippen molar-refractivity contribution in [3.05, 3.63) is 53.2 Å². The Kier molecular flexibility index (Phi) is 16.1. The summed E-state index contributed by atoms with van der Waals surface area (Å²) in [6.45, 7) is 12.0. The summed E-state index contributed by atoms with van der Waals surface area (Å²) in [6.07, 6.45) is 5.12. The lowest BCUT2D eigenvalue weighted by Gasteiger charge is -2.20. The minimum Gasteiger partial charge on any atom is -0.492 e. The largest absolute Gasteiger partial charge is 0.492 e. The molecule has 32 heavy (non-hydrogen) atoms. The van der Waals surface area contributed by atoms with Crippen molar-refractivity contribution in [3.8, 4) is 5.75 Å². The number of anilines is 1. The van der Waals surface area contributed by atoms with Crippen LogP contribution in [0, 0.1) is 0 Å². The monoisotopic (exact) mass is 461 g/mol. The number of carbonyl (C=O) groups is 2. The molecule has 2 aromatic rings. The van der Waals surface area contributed by atoms with Gasteiger partial charge in [-0.05, 0) is 55.6 Å². The molecule has 2 amide bonds. The van der Waals surface area contributed by atoms with Gasteiger partial charge in [-0.25, -0.2) is 9.97 Å². The van der Waals surface area contributed by atoms with Crippen LogP contribution < -0.4 is 20.7 Å². The number of imide groups is 1. The molecule has 0 aliphatic carbocycles. The Labute approximate surface area is 195 Å². The molecule has 0 bridgehead atoms. The summed E-state index contributed by atoms with van der Waals surface area (Å²) in [5.74, 6) is 1.06. The van der Waals surface area contributed by atoms with Gasteiger partial charge in [0.05, 0.1) is 11.4 Å². The van der Waals surface area contributed by atoms with E-state index in [9.17, 15) is 9.59 Å². The molecular formula is C23H35N5O3S. The molecule has 0 spiro atoms. The van der Waals surface area contributed by atoms with Gasteiger partial charge in [-0.3, -0.25) is 14.9 Å². The van der Waals surface area contributed by atoms with Gasteiger partial charge in [-0.2, -0.15) is 0 Å². The number of thioether (sulfide) groups is 1. The third kappa shape index (κ3) is 9.93. The van der Waals surface area contributed by atoms with Crippen LogP contribution in [-0.4, -0.2) is 47.9 Å². The standard InChI is InChI=1S/C18H18N4O3S.2C2H6.CH5N/c1-2-22(17-19-8-3-9-20-17)10-11-25-14-6-4-13(5-7-14)12-15-16(23)21-18(24)26-15;3*1-2/h3-9,12H,2,10-11H2,1H3,(H,21,23,24);2*1-2H3;2H2,1H3/b15-12+;;;. The van der Waals surface area contributed by atoms with Crippen molar-refractivity contribution >= 4 is 34.9 Å². The smallest absolute Gasteiger partial charge is 0.290 e. The van der Waals surface area contributed by atoms with Crippen molar-refractivity contribution in [2.75, 3.05) is 31.6 Å². The van der Waals surface area contributed by atoms with Crippen LogP contribution in [0.15, 0.2) is 47.6 Å². The summed E-state index contributed by atoms with van der Waals surface area (Å²) in [5, 5.41) is 1.89.